The zero-order valence-electron chi connectivity index (χ0n) is 29.8. The van der Waals surface area contributed by atoms with Crippen LogP contribution in [-0.4, -0.2) is 0 Å². The molecule has 0 fully saturated rings. The van der Waals surface area contributed by atoms with Gasteiger partial charge in [-0.25, -0.2) is 0 Å². The monoisotopic (exact) mass is 735 g/mol. The summed E-state index contributed by atoms with van der Waals surface area (Å²) in [6, 6.07) is 73.6. The average molecular weight is 736 g/mol. The number of fused-ring (bicyclic) bond motifs is 7. The molecule has 0 bridgehead atoms. The van der Waals surface area contributed by atoms with Gasteiger partial charge in [-0.05, 0) is 105 Å². The fraction of sp³-hybridized carbons (Fsp3) is 0. The number of thiophene rings is 2. The van der Waals surface area contributed by atoms with Gasteiger partial charge in [-0.3, -0.25) is 0 Å². The van der Waals surface area contributed by atoms with Crippen LogP contribution in [0.5, 0.6) is 0 Å². The molecule has 2 heterocycles. The van der Waals surface area contributed by atoms with Gasteiger partial charge in [0.1, 0.15) is 0 Å². The summed E-state index contributed by atoms with van der Waals surface area (Å²) in [5.74, 6) is 0. The van der Waals surface area contributed by atoms with E-state index in [2.05, 4.69) is 205 Å². The minimum atomic E-state index is 1.12. The van der Waals surface area contributed by atoms with E-state index in [0.717, 1.165) is 11.4 Å². The highest BCUT2D eigenvalue weighted by atomic mass is 32.1. The maximum Gasteiger partial charge on any atom is 0.0640 e. The molecule has 9 aromatic carbocycles. The van der Waals surface area contributed by atoms with Crippen molar-refractivity contribution in [1.29, 1.82) is 0 Å². The van der Waals surface area contributed by atoms with Crippen molar-refractivity contribution in [2.45, 2.75) is 0 Å². The minimum Gasteiger partial charge on any atom is -0.309 e. The maximum atomic E-state index is 2.48. The van der Waals surface area contributed by atoms with Gasteiger partial charge in [0.05, 0.1) is 10.4 Å². The van der Waals surface area contributed by atoms with Crippen LogP contribution in [0.2, 0.25) is 0 Å². The van der Waals surface area contributed by atoms with Crippen molar-refractivity contribution < 1.29 is 0 Å². The third-order valence-electron chi connectivity index (χ3n) is 10.8. The summed E-state index contributed by atoms with van der Waals surface area (Å²) in [7, 11) is 0. The molecule has 3 heteroatoms. The molecule has 11 aromatic rings. The predicted octanol–water partition coefficient (Wildman–Crippen LogP) is 16.0. The molecular formula is C52H33NS2. The van der Waals surface area contributed by atoms with Crippen molar-refractivity contribution in [1.82, 2.24) is 0 Å². The fourth-order valence-corrected chi connectivity index (χ4v) is 10.6. The van der Waals surface area contributed by atoms with E-state index in [-0.39, 0.29) is 0 Å². The molecule has 0 atom stereocenters. The maximum absolute atomic E-state index is 2.48. The quantitative estimate of drug-likeness (QED) is 0.164. The zero-order valence-corrected chi connectivity index (χ0v) is 31.4. The highest BCUT2D eigenvalue weighted by Crippen LogP contribution is 2.48. The number of anilines is 3. The SMILES string of the molecule is c1ccc(-c2cc(-c3cccc4sc5ccccc5c34)cc(N(c3ccc(-c4ccc5ccccc5c4)cc3)c3cccc4c3sc3ccccc34)c2)cc1. The first-order valence-corrected chi connectivity index (χ1v) is 20.3. The Hall–Kier alpha value is -6.52. The molecular weight excluding hydrogens is 703 g/mol. The van der Waals surface area contributed by atoms with Crippen LogP contribution >= 0.6 is 22.7 Å². The van der Waals surface area contributed by atoms with E-state index in [1.807, 2.05) is 22.7 Å². The summed E-state index contributed by atoms with van der Waals surface area (Å²) in [6.07, 6.45) is 0. The number of hydrogen-bond acceptors (Lipinski definition) is 3. The normalized spacial score (nSPS) is 11.6. The molecule has 55 heavy (non-hydrogen) atoms. The standard InChI is InChI=1S/C52H33NS2/c1-2-12-34(13-3-1)39-31-40(43-18-11-23-50-51(43)46-17-7-9-22-49(46)54-50)33-42(32-39)53(47-20-10-19-45-44-16-6-8-21-48(44)55-52(45)47)41-28-26-36(27-29-41)38-25-24-35-14-4-5-15-37(35)30-38/h1-33H. The molecule has 0 unspecified atom stereocenters. The van der Waals surface area contributed by atoms with E-state index in [4.69, 9.17) is 0 Å². The van der Waals surface area contributed by atoms with Crippen molar-refractivity contribution in [3.63, 3.8) is 0 Å². The summed E-state index contributed by atoms with van der Waals surface area (Å²) >= 11 is 3.74. The largest absolute Gasteiger partial charge is 0.309 e. The molecule has 0 saturated carbocycles. The summed E-state index contributed by atoms with van der Waals surface area (Å²) in [5, 5.41) is 7.71. The highest BCUT2D eigenvalue weighted by Gasteiger charge is 2.21. The molecule has 0 aliphatic heterocycles. The minimum absolute atomic E-state index is 1.12. The third kappa shape index (κ3) is 5.51. The lowest BCUT2D eigenvalue weighted by Crippen LogP contribution is -2.10. The van der Waals surface area contributed by atoms with E-state index < -0.39 is 0 Å². The Morgan fingerprint density at radius 3 is 1.82 bits per heavy atom. The first-order chi connectivity index (χ1) is 27.2. The number of rotatable bonds is 6. The van der Waals surface area contributed by atoms with Crippen LogP contribution in [0, 0.1) is 0 Å². The first-order valence-electron chi connectivity index (χ1n) is 18.7. The van der Waals surface area contributed by atoms with Gasteiger partial charge in [0.2, 0.25) is 0 Å². The van der Waals surface area contributed by atoms with E-state index in [1.165, 1.54) is 90.2 Å². The second-order valence-corrected chi connectivity index (χ2v) is 16.2. The van der Waals surface area contributed by atoms with E-state index in [0.29, 0.717) is 0 Å². The van der Waals surface area contributed by atoms with Crippen LogP contribution in [0.4, 0.5) is 17.1 Å². The van der Waals surface area contributed by atoms with Gasteiger partial charge in [-0.1, -0.05) is 140 Å². The van der Waals surface area contributed by atoms with Crippen LogP contribution in [0.1, 0.15) is 0 Å². The van der Waals surface area contributed by atoms with Gasteiger partial charge in [0, 0.05) is 47.0 Å². The number of benzene rings is 9. The second kappa shape index (κ2) is 13.1. The lowest BCUT2D eigenvalue weighted by Gasteiger charge is -2.28. The summed E-state index contributed by atoms with van der Waals surface area (Å²) in [4.78, 5) is 2.48. The Balaban J connectivity index is 1.16. The zero-order chi connectivity index (χ0) is 36.3. The second-order valence-electron chi connectivity index (χ2n) is 14.1. The van der Waals surface area contributed by atoms with Gasteiger partial charge in [-0.15, -0.1) is 22.7 Å². The third-order valence-corrected chi connectivity index (χ3v) is 13.2. The predicted molar refractivity (Wildman–Crippen MR) is 241 cm³/mol. The van der Waals surface area contributed by atoms with Crippen molar-refractivity contribution in [2.24, 2.45) is 0 Å². The summed E-state index contributed by atoms with van der Waals surface area (Å²) in [5.41, 5.74) is 10.7. The van der Waals surface area contributed by atoms with Gasteiger partial charge < -0.3 is 4.90 Å². The van der Waals surface area contributed by atoms with Crippen LogP contribution in [0.15, 0.2) is 200 Å². The van der Waals surface area contributed by atoms with Crippen molar-refractivity contribution in [3.05, 3.63) is 200 Å². The Kier molecular flexibility index (Phi) is 7.61. The lowest BCUT2D eigenvalue weighted by atomic mass is 9.94. The molecule has 1 nitrogen and oxygen atoms in total. The number of hydrogen-bond donors (Lipinski definition) is 0. The van der Waals surface area contributed by atoms with Gasteiger partial charge in [0.25, 0.3) is 0 Å². The van der Waals surface area contributed by atoms with Gasteiger partial charge in [-0.2, -0.15) is 0 Å². The molecule has 2 aromatic heterocycles. The fourth-order valence-electron chi connectivity index (χ4n) is 8.22. The molecule has 0 saturated heterocycles. The van der Waals surface area contributed by atoms with E-state index in [1.54, 1.807) is 0 Å². The Labute approximate surface area is 327 Å². The topological polar surface area (TPSA) is 3.24 Å². The number of nitrogens with zero attached hydrogens (tertiary/aromatic N) is 1. The Bertz CT molecular complexity index is 3210. The molecule has 258 valence electrons. The van der Waals surface area contributed by atoms with Crippen LogP contribution < -0.4 is 4.90 Å². The molecule has 0 amide bonds. The van der Waals surface area contributed by atoms with E-state index in [9.17, 15) is 0 Å². The van der Waals surface area contributed by atoms with Crippen LogP contribution in [0.25, 0.3) is 84.5 Å². The van der Waals surface area contributed by atoms with Gasteiger partial charge in [0.15, 0.2) is 0 Å². The van der Waals surface area contributed by atoms with Crippen molar-refractivity contribution in [2.75, 3.05) is 4.90 Å². The smallest absolute Gasteiger partial charge is 0.0640 e. The Morgan fingerprint density at radius 1 is 0.327 bits per heavy atom. The molecule has 0 radical (unpaired) electrons. The summed E-state index contributed by atoms with van der Waals surface area (Å²) in [6.45, 7) is 0. The molecule has 0 aliphatic carbocycles. The van der Waals surface area contributed by atoms with E-state index >= 15 is 0 Å². The van der Waals surface area contributed by atoms with Crippen molar-refractivity contribution in [3.8, 4) is 33.4 Å². The molecule has 0 aliphatic rings. The first kappa shape index (κ1) is 32.0. The summed E-state index contributed by atoms with van der Waals surface area (Å²) < 4.78 is 5.20. The average Bonchev–Trinajstić information content (AvgIpc) is 3.83. The molecule has 0 spiro atoms. The highest BCUT2D eigenvalue weighted by molar-refractivity contribution is 7.26. The van der Waals surface area contributed by atoms with Crippen LogP contribution in [0.3, 0.4) is 0 Å². The van der Waals surface area contributed by atoms with Crippen LogP contribution in [-0.2, 0) is 0 Å². The Morgan fingerprint density at radius 2 is 0.964 bits per heavy atom. The van der Waals surface area contributed by atoms with Gasteiger partial charge >= 0.3 is 0 Å². The lowest BCUT2D eigenvalue weighted by molar-refractivity contribution is 1.30. The molecule has 11 rings (SSSR count). The van der Waals surface area contributed by atoms with Crippen molar-refractivity contribution >= 4 is 90.9 Å². The molecule has 0 N–H and O–H groups in total.